The molecule has 0 saturated heterocycles. The van der Waals surface area contributed by atoms with Crippen LogP contribution in [0.25, 0.3) is 0 Å². The van der Waals surface area contributed by atoms with E-state index in [-0.39, 0.29) is 11.8 Å². The van der Waals surface area contributed by atoms with Crippen LogP contribution in [0.5, 0.6) is 0 Å². The second kappa shape index (κ2) is 5.63. The van der Waals surface area contributed by atoms with Crippen LogP contribution in [0.15, 0.2) is 11.4 Å². The minimum absolute atomic E-state index is 0.00815. The molecule has 0 radical (unpaired) electrons. The second-order valence-corrected chi connectivity index (χ2v) is 5.45. The van der Waals surface area contributed by atoms with Crippen LogP contribution in [0, 0.1) is 0 Å². The summed E-state index contributed by atoms with van der Waals surface area (Å²) in [6, 6.07) is 1.84. The first-order chi connectivity index (χ1) is 9.01. The van der Waals surface area contributed by atoms with Gasteiger partial charge in [0, 0.05) is 18.1 Å². The van der Waals surface area contributed by atoms with Crippen molar-refractivity contribution in [3.8, 4) is 0 Å². The van der Waals surface area contributed by atoms with Crippen LogP contribution in [-0.2, 0) is 19.9 Å². The molecule has 0 fully saturated rings. The monoisotopic (exact) mass is 278 g/mol. The molecular formula is C13H18N4OS. The van der Waals surface area contributed by atoms with E-state index in [2.05, 4.69) is 10.1 Å². The Morgan fingerprint density at radius 3 is 2.84 bits per heavy atom. The zero-order valence-corrected chi connectivity index (χ0v) is 12.2. The molecule has 6 heteroatoms. The zero-order chi connectivity index (χ0) is 14.0. The summed E-state index contributed by atoms with van der Waals surface area (Å²) < 4.78 is 1.76. The number of rotatable bonds is 5. The van der Waals surface area contributed by atoms with Crippen molar-refractivity contribution in [3.63, 3.8) is 0 Å². The smallest absolute Gasteiger partial charge is 0.187 e. The average molecular weight is 278 g/mol. The van der Waals surface area contributed by atoms with Crippen LogP contribution in [0.1, 0.15) is 46.8 Å². The molecular weight excluding hydrogens is 260 g/mol. The number of thiazole rings is 1. The topological polar surface area (TPSA) is 73.8 Å². The molecule has 0 amide bonds. The number of carbonyl (C=O) groups is 1. The molecule has 5 nitrogen and oxygen atoms in total. The number of aromatic nitrogens is 3. The summed E-state index contributed by atoms with van der Waals surface area (Å²) in [6.07, 6.45) is 1.19. The Morgan fingerprint density at radius 1 is 1.58 bits per heavy atom. The first-order valence-electron chi connectivity index (χ1n) is 6.27. The van der Waals surface area contributed by atoms with Gasteiger partial charge >= 0.3 is 0 Å². The van der Waals surface area contributed by atoms with Crippen molar-refractivity contribution in [1.29, 1.82) is 0 Å². The third-order valence-electron chi connectivity index (χ3n) is 2.93. The number of carbonyl (C=O) groups excluding carboxylic acids is 1. The van der Waals surface area contributed by atoms with E-state index in [4.69, 9.17) is 5.73 Å². The fraction of sp³-hybridized carbons (Fsp3) is 0.462. The predicted octanol–water partition coefficient (Wildman–Crippen LogP) is 1.88. The molecule has 0 spiro atoms. The van der Waals surface area contributed by atoms with Gasteiger partial charge in [-0.15, -0.1) is 11.3 Å². The third kappa shape index (κ3) is 3.08. The first-order valence-corrected chi connectivity index (χ1v) is 7.15. The molecule has 0 bridgehead atoms. The lowest BCUT2D eigenvalue weighted by Gasteiger charge is -1.99. The Hall–Kier alpha value is -1.53. The molecule has 0 aromatic carbocycles. The molecule has 2 aromatic heterocycles. The first kappa shape index (κ1) is 13.9. The van der Waals surface area contributed by atoms with Crippen molar-refractivity contribution in [2.45, 2.75) is 32.7 Å². The number of nitrogens with zero attached hydrogens (tertiary/aromatic N) is 3. The molecule has 0 aliphatic rings. The summed E-state index contributed by atoms with van der Waals surface area (Å²) in [4.78, 5) is 16.4. The normalized spacial score (nSPS) is 12.6. The van der Waals surface area contributed by atoms with Crippen LogP contribution in [-0.4, -0.2) is 20.5 Å². The molecule has 0 aliphatic carbocycles. The maximum atomic E-state index is 12.2. The van der Waals surface area contributed by atoms with Crippen molar-refractivity contribution in [2.24, 2.45) is 12.8 Å². The highest BCUT2D eigenvalue weighted by Crippen LogP contribution is 2.17. The predicted molar refractivity (Wildman–Crippen MR) is 75.3 cm³/mol. The molecule has 102 valence electrons. The van der Waals surface area contributed by atoms with Gasteiger partial charge in [-0.25, -0.2) is 4.98 Å². The van der Waals surface area contributed by atoms with Crippen LogP contribution >= 0.6 is 11.3 Å². The van der Waals surface area contributed by atoms with Crippen molar-refractivity contribution in [1.82, 2.24) is 14.8 Å². The highest BCUT2D eigenvalue weighted by atomic mass is 32.1. The van der Waals surface area contributed by atoms with Gasteiger partial charge in [0.15, 0.2) is 5.78 Å². The molecule has 2 aromatic rings. The number of nitrogens with two attached hydrogens (primary N) is 1. The minimum Gasteiger partial charge on any atom is -0.322 e. The Labute approximate surface area is 116 Å². The van der Waals surface area contributed by atoms with E-state index in [0.29, 0.717) is 12.1 Å². The van der Waals surface area contributed by atoms with E-state index in [1.54, 1.807) is 10.1 Å². The number of ketones is 1. The van der Waals surface area contributed by atoms with Crippen LogP contribution in [0.2, 0.25) is 0 Å². The lowest BCUT2D eigenvalue weighted by molar-refractivity contribution is 0.0986. The fourth-order valence-electron chi connectivity index (χ4n) is 1.79. The van der Waals surface area contributed by atoms with E-state index in [0.717, 1.165) is 22.8 Å². The van der Waals surface area contributed by atoms with Gasteiger partial charge in [0.05, 0.1) is 18.2 Å². The maximum absolute atomic E-state index is 12.2. The van der Waals surface area contributed by atoms with Gasteiger partial charge in [0.1, 0.15) is 10.7 Å². The number of hydrogen-bond donors (Lipinski definition) is 1. The van der Waals surface area contributed by atoms with Crippen molar-refractivity contribution < 1.29 is 4.79 Å². The Bertz CT molecular complexity index is 585. The quantitative estimate of drug-likeness (QED) is 0.847. The van der Waals surface area contributed by atoms with E-state index in [9.17, 15) is 4.79 Å². The van der Waals surface area contributed by atoms with E-state index in [1.807, 2.05) is 27.0 Å². The Morgan fingerprint density at radius 2 is 2.32 bits per heavy atom. The second-order valence-electron chi connectivity index (χ2n) is 4.56. The summed E-state index contributed by atoms with van der Waals surface area (Å²) in [7, 11) is 1.86. The molecule has 2 rings (SSSR count). The molecule has 0 aliphatic heterocycles. The standard InChI is InChI=1S/C13H18N4OS/c1-4-9-5-10(17(3)16-9)6-12(18)11-7-19-13(15-11)8(2)14/h5,7-8H,4,6,14H2,1-3H3. The lowest BCUT2D eigenvalue weighted by Crippen LogP contribution is -2.09. The summed E-state index contributed by atoms with van der Waals surface area (Å²) in [5, 5.41) is 6.91. The molecule has 19 heavy (non-hydrogen) atoms. The average Bonchev–Trinajstić information content (AvgIpc) is 2.97. The maximum Gasteiger partial charge on any atom is 0.187 e. The summed E-state index contributed by atoms with van der Waals surface area (Å²) >= 11 is 1.43. The zero-order valence-electron chi connectivity index (χ0n) is 11.4. The summed E-state index contributed by atoms with van der Waals surface area (Å²) in [5.74, 6) is 0.00815. The number of aryl methyl sites for hydroxylation is 2. The van der Waals surface area contributed by atoms with Crippen molar-refractivity contribution in [3.05, 3.63) is 33.5 Å². The molecule has 2 heterocycles. The largest absolute Gasteiger partial charge is 0.322 e. The third-order valence-corrected chi connectivity index (χ3v) is 3.97. The van der Waals surface area contributed by atoms with Gasteiger partial charge in [0.2, 0.25) is 0 Å². The van der Waals surface area contributed by atoms with Crippen LogP contribution in [0.3, 0.4) is 0 Å². The van der Waals surface area contributed by atoms with E-state index >= 15 is 0 Å². The van der Waals surface area contributed by atoms with Crippen LogP contribution < -0.4 is 5.73 Å². The van der Waals surface area contributed by atoms with Gasteiger partial charge < -0.3 is 5.73 Å². The van der Waals surface area contributed by atoms with E-state index in [1.165, 1.54) is 11.3 Å². The lowest BCUT2D eigenvalue weighted by atomic mass is 10.1. The molecule has 1 unspecified atom stereocenters. The van der Waals surface area contributed by atoms with Crippen molar-refractivity contribution >= 4 is 17.1 Å². The fourth-order valence-corrected chi connectivity index (χ4v) is 2.57. The van der Waals surface area contributed by atoms with Gasteiger partial charge in [-0.1, -0.05) is 6.92 Å². The van der Waals surface area contributed by atoms with Gasteiger partial charge in [-0.05, 0) is 19.4 Å². The highest BCUT2D eigenvalue weighted by molar-refractivity contribution is 7.09. The Balaban J connectivity index is 2.13. The van der Waals surface area contributed by atoms with Crippen molar-refractivity contribution in [2.75, 3.05) is 0 Å². The van der Waals surface area contributed by atoms with Crippen LogP contribution in [0.4, 0.5) is 0 Å². The summed E-state index contributed by atoms with van der Waals surface area (Å²) in [5.41, 5.74) is 8.16. The molecule has 0 saturated carbocycles. The minimum atomic E-state index is -0.130. The van der Waals surface area contributed by atoms with E-state index < -0.39 is 0 Å². The van der Waals surface area contributed by atoms with Gasteiger partial charge in [-0.2, -0.15) is 5.10 Å². The molecule has 2 N–H and O–H groups in total. The molecule has 1 atom stereocenters. The Kier molecular flexibility index (Phi) is 4.11. The van der Waals surface area contributed by atoms with Gasteiger partial charge in [-0.3, -0.25) is 9.48 Å². The summed E-state index contributed by atoms with van der Waals surface area (Å²) in [6.45, 7) is 3.91. The number of hydrogen-bond acceptors (Lipinski definition) is 5. The number of Topliss-reactive ketones (excluding diaryl/α,β-unsaturated/α-hetero) is 1. The van der Waals surface area contributed by atoms with Gasteiger partial charge in [0.25, 0.3) is 0 Å². The highest BCUT2D eigenvalue weighted by Gasteiger charge is 2.15. The SMILES string of the molecule is CCc1cc(CC(=O)c2csc(C(C)N)n2)n(C)n1.